The van der Waals surface area contributed by atoms with Crippen LogP contribution >= 0.6 is 15.9 Å². The summed E-state index contributed by atoms with van der Waals surface area (Å²) in [7, 11) is 0. The Hall–Kier alpha value is -0.560. The third-order valence-corrected chi connectivity index (χ3v) is 3.85. The maximum atomic E-state index is 3.41. The van der Waals surface area contributed by atoms with Gasteiger partial charge in [-0.15, -0.1) is 0 Å². The van der Waals surface area contributed by atoms with Gasteiger partial charge in [0.15, 0.2) is 0 Å². The number of rotatable bonds is 10. The lowest BCUT2D eigenvalue weighted by Crippen LogP contribution is -1.87. The van der Waals surface area contributed by atoms with Crippen molar-refractivity contribution >= 4 is 15.9 Å². The highest BCUT2D eigenvalue weighted by Gasteiger charge is 1.95. The van der Waals surface area contributed by atoms with Crippen molar-refractivity contribution in [1.82, 2.24) is 0 Å². The van der Waals surface area contributed by atoms with Crippen LogP contribution in [0.3, 0.4) is 0 Å². The van der Waals surface area contributed by atoms with E-state index < -0.39 is 0 Å². The van der Waals surface area contributed by atoms with Crippen LogP contribution < -0.4 is 0 Å². The molecule has 0 amide bonds. The Morgan fingerprint density at radius 2 is 1.71 bits per heavy atom. The summed E-state index contributed by atoms with van der Waals surface area (Å²) in [6.45, 7) is 11.2. The minimum absolute atomic E-state index is 0.830. The van der Waals surface area contributed by atoms with Gasteiger partial charge in [-0.25, -0.2) is 0 Å². The minimum atomic E-state index is 0.830. The van der Waals surface area contributed by atoms with Crippen molar-refractivity contribution in [1.29, 1.82) is 0 Å². The summed E-state index contributed by atoms with van der Waals surface area (Å²) >= 11 is 3.41. The first kappa shape index (κ1) is 20.4. The Bertz CT molecular complexity index is 381. The zero-order chi connectivity index (χ0) is 16.1. The molecule has 0 heterocycles. The van der Waals surface area contributed by atoms with E-state index in [1.807, 2.05) is 0 Å². The van der Waals surface area contributed by atoms with Gasteiger partial charge in [0.05, 0.1) is 0 Å². The minimum Gasteiger partial charge on any atom is -0.0883 e. The Morgan fingerprint density at radius 1 is 1.00 bits per heavy atom. The van der Waals surface area contributed by atoms with Crippen LogP contribution in [-0.2, 0) is 0 Å². The molecule has 0 saturated carbocycles. The zero-order valence-corrected chi connectivity index (χ0v) is 16.2. The summed E-state index contributed by atoms with van der Waals surface area (Å²) in [5.41, 5.74) is 4.30. The highest BCUT2D eigenvalue weighted by atomic mass is 79.9. The van der Waals surface area contributed by atoms with Crippen molar-refractivity contribution in [3.05, 3.63) is 47.1 Å². The molecule has 0 aromatic heterocycles. The SMILES string of the molecule is CC(/C=C/C=C(\C)CC/C=C(\C)CCCC(C)C)=C\CBr. The second-order valence-corrected chi connectivity index (χ2v) is 7.00. The van der Waals surface area contributed by atoms with Gasteiger partial charge < -0.3 is 0 Å². The number of alkyl halides is 1. The quantitative estimate of drug-likeness (QED) is 0.218. The molecule has 0 spiro atoms. The molecule has 0 saturated heterocycles. The van der Waals surface area contributed by atoms with Crippen LogP contribution in [0.2, 0.25) is 0 Å². The lowest BCUT2D eigenvalue weighted by molar-refractivity contribution is 0.554. The lowest BCUT2D eigenvalue weighted by atomic mass is 10.0. The van der Waals surface area contributed by atoms with E-state index in [0.29, 0.717) is 0 Å². The van der Waals surface area contributed by atoms with Crippen LogP contribution in [0.15, 0.2) is 47.1 Å². The fourth-order valence-corrected chi connectivity index (χ4v) is 2.59. The van der Waals surface area contributed by atoms with Crippen LogP contribution in [0, 0.1) is 5.92 Å². The molecule has 0 unspecified atom stereocenters. The molecule has 1 heteroatoms. The van der Waals surface area contributed by atoms with Crippen LogP contribution in [0.5, 0.6) is 0 Å². The van der Waals surface area contributed by atoms with E-state index in [1.54, 1.807) is 5.57 Å². The molecule has 0 aromatic rings. The van der Waals surface area contributed by atoms with Crippen molar-refractivity contribution < 1.29 is 0 Å². The molecule has 120 valence electrons. The van der Waals surface area contributed by atoms with Gasteiger partial charge in [0.25, 0.3) is 0 Å². The number of hydrogen-bond donors (Lipinski definition) is 0. The van der Waals surface area contributed by atoms with Gasteiger partial charge in [-0.3, -0.25) is 0 Å². The van der Waals surface area contributed by atoms with Gasteiger partial charge in [0, 0.05) is 5.33 Å². The molecule has 0 aliphatic heterocycles. The van der Waals surface area contributed by atoms with Crippen molar-refractivity contribution in [3.63, 3.8) is 0 Å². The lowest BCUT2D eigenvalue weighted by Gasteiger charge is -2.05. The van der Waals surface area contributed by atoms with E-state index in [0.717, 1.165) is 17.7 Å². The third kappa shape index (κ3) is 14.2. The largest absolute Gasteiger partial charge is 0.0883 e. The second kappa shape index (κ2) is 13.1. The Kier molecular flexibility index (Phi) is 12.8. The average molecular weight is 353 g/mol. The van der Waals surface area contributed by atoms with Crippen LogP contribution in [-0.4, -0.2) is 5.33 Å². The van der Waals surface area contributed by atoms with E-state index in [-0.39, 0.29) is 0 Å². The fourth-order valence-electron chi connectivity index (χ4n) is 2.07. The van der Waals surface area contributed by atoms with Crippen LogP contribution in [0.4, 0.5) is 0 Å². The smallest absolute Gasteiger partial charge is 0.0217 e. The van der Waals surface area contributed by atoms with Crippen LogP contribution in [0.25, 0.3) is 0 Å². The molecule has 0 aliphatic rings. The Balaban J connectivity index is 4.01. The highest BCUT2D eigenvalue weighted by Crippen LogP contribution is 2.14. The fraction of sp³-hybridized carbons (Fsp3) is 0.600. The standard InChI is InChI=1S/C20H33Br/c1-17(2)9-6-10-18(3)11-7-12-19(4)13-8-14-20(5)15-16-21/h8,11,13-15,17H,6-7,9-10,12,16H2,1-5H3/b14-8+,18-11+,19-13+,20-15+. The van der Waals surface area contributed by atoms with Crippen LogP contribution in [0.1, 0.15) is 66.7 Å². The molecule has 0 N–H and O–H groups in total. The molecule has 0 bridgehead atoms. The van der Waals surface area contributed by atoms with Crippen molar-refractivity contribution in [3.8, 4) is 0 Å². The number of halogens is 1. The molecule has 0 aliphatic carbocycles. The predicted molar refractivity (Wildman–Crippen MR) is 102 cm³/mol. The average Bonchev–Trinajstić information content (AvgIpc) is 2.38. The molecule has 0 fully saturated rings. The number of allylic oxidation sites excluding steroid dienone is 8. The van der Waals surface area contributed by atoms with Gasteiger partial charge in [0.1, 0.15) is 0 Å². The molecular weight excluding hydrogens is 320 g/mol. The van der Waals surface area contributed by atoms with Crippen molar-refractivity contribution in [2.24, 2.45) is 5.92 Å². The molecule has 0 rings (SSSR count). The van der Waals surface area contributed by atoms with Crippen molar-refractivity contribution in [2.75, 3.05) is 5.33 Å². The first-order valence-corrected chi connectivity index (χ1v) is 9.30. The Labute approximate surface area is 141 Å². The van der Waals surface area contributed by atoms with E-state index in [9.17, 15) is 0 Å². The first-order chi connectivity index (χ1) is 9.95. The zero-order valence-electron chi connectivity index (χ0n) is 14.6. The maximum absolute atomic E-state index is 3.41. The summed E-state index contributed by atoms with van der Waals surface area (Å²) in [4.78, 5) is 0. The molecule has 0 nitrogen and oxygen atoms in total. The monoisotopic (exact) mass is 352 g/mol. The Morgan fingerprint density at radius 3 is 2.33 bits per heavy atom. The topological polar surface area (TPSA) is 0 Å². The van der Waals surface area contributed by atoms with Gasteiger partial charge >= 0.3 is 0 Å². The summed E-state index contributed by atoms with van der Waals surface area (Å²) in [6, 6.07) is 0. The van der Waals surface area contributed by atoms with Gasteiger partial charge in [-0.05, 0) is 52.4 Å². The number of hydrogen-bond acceptors (Lipinski definition) is 0. The van der Waals surface area contributed by atoms with Gasteiger partial charge in [0.2, 0.25) is 0 Å². The molecule has 0 radical (unpaired) electrons. The van der Waals surface area contributed by atoms with Crippen molar-refractivity contribution in [2.45, 2.75) is 66.7 Å². The normalized spacial score (nSPS) is 14.5. The maximum Gasteiger partial charge on any atom is 0.0217 e. The summed E-state index contributed by atoms with van der Waals surface area (Å²) in [5, 5.41) is 0.923. The van der Waals surface area contributed by atoms with E-state index in [1.165, 1.54) is 36.8 Å². The summed E-state index contributed by atoms with van der Waals surface area (Å²) in [6.07, 6.45) is 17.4. The summed E-state index contributed by atoms with van der Waals surface area (Å²) in [5.74, 6) is 0.830. The van der Waals surface area contributed by atoms with E-state index >= 15 is 0 Å². The van der Waals surface area contributed by atoms with Gasteiger partial charge in [-0.2, -0.15) is 0 Å². The molecule has 0 atom stereocenters. The summed E-state index contributed by atoms with van der Waals surface area (Å²) < 4.78 is 0. The second-order valence-electron chi connectivity index (χ2n) is 6.35. The van der Waals surface area contributed by atoms with E-state index in [4.69, 9.17) is 0 Å². The van der Waals surface area contributed by atoms with E-state index in [2.05, 4.69) is 80.9 Å². The molecular formula is C20H33Br. The highest BCUT2D eigenvalue weighted by molar-refractivity contribution is 9.09. The predicted octanol–water partition coefficient (Wildman–Crippen LogP) is 7.38. The van der Waals surface area contributed by atoms with Gasteiger partial charge in [-0.1, -0.05) is 83.3 Å². The third-order valence-electron chi connectivity index (χ3n) is 3.52. The molecule has 0 aromatic carbocycles. The first-order valence-electron chi connectivity index (χ1n) is 8.18. The molecule has 21 heavy (non-hydrogen) atoms.